The average molecular weight is 342 g/mol. The zero-order valence-electron chi connectivity index (χ0n) is 14.2. The van der Waals surface area contributed by atoms with Crippen molar-refractivity contribution in [2.24, 2.45) is 0 Å². The molecule has 0 bridgehead atoms. The number of carbonyl (C=O) groups excluding carboxylic acids is 1. The molecule has 1 aliphatic heterocycles. The van der Waals surface area contributed by atoms with Crippen molar-refractivity contribution in [2.75, 3.05) is 19.8 Å². The third kappa shape index (κ3) is 3.37. The van der Waals surface area contributed by atoms with E-state index in [9.17, 15) is 4.79 Å². The molecule has 2 aliphatic rings. The Labute approximate surface area is 146 Å². The number of amides is 2. The van der Waals surface area contributed by atoms with Gasteiger partial charge in [-0.2, -0.15) is 4.98 Å². The van der Waals surface area contributed by atoms with Crippen LogP contribution in [0.3, 0.4) is 0 Å². The fourth-order valence-electron chi connectivity index (χ4n) is 3.49. The number of urea groups is 1. The fraction of sp³-hybridized carbons (Fsp3) is 0.500. The molecule has 25 heavy (non-hydrogen) atoms. The van der Waals surface area contributed by atoms with Gasteiger partial charge in [0, 0.05) is 12.6 Å². The summed E-state index contributed by atoms with van der Waals surface area (Å²) < 4.78 is 10.7. The molecule has 0 spiro atoms. The minimum absolute atomic E-state index is 0.0827. The second-order valence-electron chi connectivity index (χ2n) is 6.69. The Morgan fingerprint density at radius 3 is 2.80 bits per heavy atom. The minimum Gasteiger partial charge on any atom is -0.377 e. The van der Waals surface area contributed by atoms with Gasteiger partial charge in [-0.05, 0) is 31.2 Å². The van der Waals surface area contributed by atoms with E-state index in [0.29, 0.717) is 37.4 Å². The lowest BCUT2D eigenvalue weighted by Crippen LogP contribution is -2.53. The lowest BCUT2D eigenvalue weighted by molar-refractivity contribution is -0.000784. The van der Waals surface area contributed by atoms with Gasteiger partial charge >= 0.3 is 6.03 Å². The van der Waals surface area contributed by atoms with Gasteiger partial charge in [0.15, 0.2) is 5.82 Å². The van der Waals surface area contributed by atoms with Crippen LogP contribution in [0.5, 0.6) is 0 Å². The summed E-state index contributed by atoms with van der Waals surface area (Å²) in [6.07, 6.45) is 1.95. The summed E-state index contributed by atoms with van der Waals surface area (Å²) in [5.74, 6) is 1.53. The van der Waals surface area contributed by atoms with Crippen LogP contribution in [0.25, 0.3) is 0 Å². The number of ether oxygens (including phenoxy) is 1. The molecule has 1 N–H and O–H groups in total. The van der Waals surface area contributed by atoms with Crippen molar-refractivity contribution in [3.8, 4) is 0 Å². The molecule has 1 aromatic carbocycles. The molecule has 1 atom stereocenters. The highest BCUT2D eigenvalue weighted by atomic mass is 16.5. The third-order valence-corrected chi connectivity index (χ3v) is 4.95. The van der Waals surface area contributed by atoms with Crippen molar-refractivity contribution in [3.63, 3.8) is 0 Å². The Kier molecular flexibility index (Phi) is 4.40. The zero-order valence-corrected chi connectivity index (χ0v) is 14.2. The van der Waals surface area contributed by atoms with Gasteiger partial charge in [0.25, 0.3) is 5.89 Å². The second kappa shape index (κ2) is 6.84. The summed E-state index contributed by atoms with van der Waals surface area (Å²) in [5, 5.41) is 6.95. The molecule has 132 valence electrons. The number of carbonyl (C=O) groups is 1. The summed E-state index contributed by atoms with van der Waals surface area (Å²) in [6.45, 7) is 3.19. The van der Waals surface area contributed by atoms with E-state index in [0.717, 1.165) is 12.8 Å². The first-order valence-electron chi connectivity index (χ1n) is 8.70. The van der Waals surface area contributed by atoms with Crippen LogP contribution in [0.1, 0.15) is 42.1 Å². The molecular weight excluding hydrogens is 320 g/mol. The molecule has 2 amide bonds. The maximum atomic E-state index is 12.7. The Bertz CT molecular complexity index is 727. The molecule has 1 saturated carbocycles. The van der Waals surface area contributed by atoms with Gasteiger partial charge < -0.3 is 19.5 Å². The summed E-state index contributed by atoms with van der Waals surface area (Å²) >= 11 is 0. The van der Waals surface area contributed by atoms with Crippen LogP contribution >= 0.6 is 0 Å². The van der Waals surface area contributed by atoms with Crippen LogP contribution < -0.4 is 5.32 Å². The Morgan fingerprint density at radius 2 is 2.08 bits per heavy atom. The highest BCUT2D eigenvalue weighted by Crippen LogP contribution is 2.37. The lowest BCUT2D eigenvalue weighted by atomic mass is 9.76. The number of aryl methyl sites for hydroxylation is 1. The summed E-state index contributed by atoms with van der Waals surface area (Å²) in [4.78, 5) is 18.7. The van der Waals surface area contributed by atoms with Crippen molar-refractivity contribution < 1.29 is 14.1 Å². The Balaban J connectivity index is 1.36. The quantitative estimate of drug-likeness (QED) is 0.926. The van der Waals surface area contributed by atoms with Crippen LogP contribution in [0, 0.1) is 6.92 Å². The van der Waals surface area contributed by atoms with Crippen molar-refractivity contribution in [1.82, 2.24) is 20.4 Å². The van der Waals surface area contributed by atoms with Crippen LogP contribution in [-0.2, 0) is 4.74 Å². The zero-order chi connectivity index (χ0) is 17.2. The van der Waals surface area contributed by atoms with Gasteiger partial charge in [0.1, 0.15) is 6.04 Å². The number of aromatic nitrogens is 2. The molecule has 7 nitrogen and oxygen atoms in total. The van der Waals surface area contributed by atoms with Gasteiger partial charge in [-0.1, -0.05) is 35.5 Å². The predicted octanol–water partition coefficient (Wildman–Crippen LogP) is 2.41. The van der Waals surface area contributed by atoms with E-state index in [2.05, 4.69) is 39.7 Å². The van der Waals surface area contributed by atoms with E-state index >= 15 is 0 Å². The molecule has 2 heterocycles. The first kappa shape index (κ1) is 16.1. The maximum Gasteiger partial charge on any atom is 0.318 e. The molecule has 0 radical (unpaired) electrons. The molecule has 2 fully saturated rings. The predicted molar refractivity (Wildman–Crippen MR) is 90.0 cm³/mol. The van der Waals surface area contributed by atoms with E-state index in [1.807, 2.05) is 6.07 Å². The summed E-state index contributed by atoms with van der Waals surface area (Å²) in [5.41, 5.74) is 1.35. The van der Waals surface area contributed by atoms with Gasteiger partial charge in [0.2, 0.25) is 0 Å². The molecular formula is C18H22N4O3. The van der Waals surface area contributed by atoms with E-state index in [1.54, 1.807) is 11.8 Å². The summed E-state index contributed by atoms with van der Waals surface area (Å²) in [7, 11) is 0. The molecule has 7 heteroatoms. The SMILES string of the molecule is Cc1noc([C@@H]2COCCN2C(=O)NC2CC(c3ccccc3)C2)n1. The van der Waals surface area contributed by atoms with E-state index < -0.39 is 0 Å². The summed E-state index contributed by atoms with van der Waals surface area (Å²) in [6, 6.07) is 10.3. The second-order valence-corrected chi connectivity index (χ2v) is 6.69. The number of benzene rings is 1. The van der Waals surface area contributed by atoms with Crippen molar-refractivity contribution in [2.45, 2.75) is 37.8 Å². The number of morpholine rings is 1. The van der Waals surface area contributed by atoms with E-state index in [4.69, 9.17) is 9.26 Å². The Morgan fingerprint density at radius 1 is 1.28 bits per heavy atom. The topological polar surface area (TPSA) is 80.5 Å². The van der Waals surface area contributed by atoms with Gasteiger partial charge in [0.05, 0.1) is 13.2 Å². The van der Waals surface area contributed by atoms with Gasteiger partial charge in [-0.15, -0.1) is 0 Å². The smallest absolute Gasteiger partial charge is 0.318 e. The number of rotatable bonds is 3. The van der Waals surface area contributed by atoms with Gasteiger partial charge in [-0.25, -0.2) is 4.79 Å². The van der Waals surface area contributed by atoms with Crippen molar-refractivity contribution in [1.29, 1.82) is 0 Å². The normalized spacial score (nSPS) is 26.1. The first-order valence-corrected chi connectivity index (χ1v) is 8.70. The molecule has 0 unspecified atom stereocenters. The molecule has 1 aliphatic carbocycles. The van der Waals surface area contributed by atoms with Crippen LogP contribution in [-0.4, -0.2) is 46.9 Å². The van der Waals surface area contributed by atoms with Crippen LogP contribution in [0.4, 0.5) is 4.79 Å². The molecule has 1 aromatic heterocycles. The van der Waals surface area contributed by atoms with Crippen LogP contribution in [0.2, 0.25) is 0 Å². The maximum absolute atomic E-state index is 12.7. The monoisotopic (exact) mass is 342 g/mol. The number of hydrogen-bond donors (Lipinski definition) is 1. The number of hydrogen-bond acceptors (Lipinski definition) is 5. The standard InChI is InChI=1S/C18H22N4O3/c1-12-19-17(25-21-12)16-11-24-8-7-22(16)18(23)20-15-9-14(10-15)13-5-3-2-4-6-13/h2-6,14-16H,7-11H2,1H3,(H,20,23)/t14?,15?,16-/m0/s1. The van der Waals surface area contributed by atoms with Gasteiger partial charge in [-0.3, -0.25) is 0 Å². The highest BCUT2D eigenvalue weighted by molar-refractivity contribution is 5.75. The average Bonchev–Trinajstić information content (AvgIpc) is 3.04. The molecule has 1 saturated heterocycles. The highest BCUT2D eigenvalue weighted by Gasteiger charge is 2.36. The molecule has 4 rings (SSSR count). The van der Waals surface area contributed by atoms with Crippen molar-refractivity contribution in [3.05, 3.63) is 47.6 Å². The minimum atomic E-state index is -0.319. The van der Waals surface area contributed by atoms with E-state index in [1.165, 1.54) is 5.56 Å². The number of nitrogens with zero attached hydrogens (tertiary/aromatic N) is 3. The van der Waals surface area contributed by atoms with Crippen LogP contribution in [0.15, 0.2) is 34.9 Å². The lowest BCUT2D eigenvalue weighted by Gasteiger charge is -2.39. The fourth-order valence-corrected chi connectivity index (χ4v) is 3.49. The van der Waals surface area contributed by atoms with Crippen molar-refractivity contribution >= 4 is 6.03 Å². The first-order chi connectivity index (χ1) is 12.2. The molecule has 2 aromatic rings. The largest absolute Gasteiger partial charge is 0.377 e. The number of nitrogens with one attached hydrogen (secondary N) is 1. The third-order valence-electron chi connectivity index (χ3n) is 4.95. The van der Waals surface area contributed by atoms with E-state index in [-0.39, 0.29) is 18.1 Å². The Hall–Kier alpha value is -2.41.